The molecule has 146 valence electrons. The first-order chi connectivity index (χ1) is 13.6. The summed E-state index contributed by atoms with van der Waals surface area (Å²) in [4.78, 5) is 12.8. The Bertz CT molecular complexity index is 878. The van der Waals surface area contributed by atoms with Gasteiger partial charge < -0.3 is 5.32 Å². The van der Waals surface area contributed by atoms with Crippen LogP contribution in [0.15, 0.2) is 35.5 Å². The average Bonchev–Trinajstić information content (AvgIpc) is 3.49. The van der Waals surface area contributed by atoms with Crippen molar-refractivity contribution in [3.8, 4) is 11.8 Å². The highest BCUT2D eigenvalue weighted by atomic mass is 32.2. The van der Waals surface area contributed by atoms with Crippen LogP contribution in [0, 0.1) is 11.3 Å². The zero-order chi connectivity index (χ0) is 19.6. The second-order valence-corrected chi connectivity index (χ2v) is 9.10. The van der Waals surface area contributed by atoms with Gasteiger partial charge in [0.15, 0.2) is 5.16 Å². The number of carbonyl (C=O) groups excluding carboxylic acids is 1. The number of nitriles is 1. The average molecular weight is 396 g/mol. The largest absolute Gasteiger partial charge is 0.337 e. The van der Waals surface area contributed by atoms with Crippen molar-refractivity contribution in [2.24, 2.45) is 0 Å². The summed E-state index contributed by atoms with van der Waals surface area (Å²) in [6.07, 6.45) is 6.85. The summed E-state index contributed by atoms with van der Waals surface area (Å²) in [5.41, 5.74) is 0.307. The number of hydrogen-bond donors (Lipinski definition) is 1. The highest BCUT2D eigenvalue weighted by molar-refractivity contribution is 8.00. The van der Waals surface area contributed by atoms with E-state index >= 15 is 0 Å². The quantitative estimate of drug-likeness (QED) is 0.748. The van der Waals surface area contributed by atoms with E-state index in [1.54, 1.807) is 0 Å². The lowest BCUT2D eigenvalue weighted by Gasteiger charge is -2.32. The number of nitrogens with one attached hydrogen (secondary N) is 1. The zero-order valence-electron chi connectivity index (χ0n) is 16.1. The molecule has 4 rings (SSSR count). The molecule has 1 heterocycles. The van der Waals surface area contributed by atoms with Crippen molar-refractivity contribution in [1.82, 2.24) is 20.1 Å². The fourth-order valence-electron chi connectivity index (χ4n) is 3.75. The number of hydrogen-bond acceptors (Lipinski definition) is 5. The van der Waals surface area contributed by atoms with Crippen LogP contribution in [0.5, 0.6) is 0 Å². The molecule has 0 bridgehead atoms. The summed E-state index contributed by atoms with van der Waals surface area (Å²) in [5, 5.41) is 21.8. The minimum atomic E-state index is -0.712. The van der Waals surface area contributed by atoms with Crippen LogP contribution in [0.2, 0.25) is 0 Å². The number of rotatable bonds is 6. The van der Waals surface area contributed by atoms with E-state index < -0.39 is 5.54 Å². The van der Waals surface area contributed by atoms with Crippen LogP contribution >= 0.6 is 11.8 Å². The van der Waals surface area contributed by atoms with Crippen molar-refractivity contribution >= 4 is 17.7 Å². The van der Waals surface area contributed by atoms with Crippen molar-refractivity contribution in [1.29, 1.82) is 5.26 Å². The number of thioether (sulfide) groups is 1. The topological polar surface area (TPSA) is 83.6 Å². The second kappa shape index (κ2) is 7.96. The summed E-state index contributed by atoms with van der Waals surface area (Å²) in [6, 6.07) is 12.4. The molecule has 2 saturated carbocycles. The predicted octanol–water partition coefficient (Wildman–Crippen LogP) is 3.97. The number of carbonyl (C=O) groups is 1. The first-order valence-electron chi connectivity index (χ1n) is 10.0. The van der Waals surface area contributed by atoms with Crippen LogP contribution in [0.1, 0.15) is 63.6 Å². The van der Waals surface area contributed by atoms with Gasteiger partial charge in [0, 0.05) is 11.6 Å². The van der Waals surface area contributed by atoms with E-state index in [4.69, 9.17) is 0 Å². The molecule has 6 nitrogen and oxygen atoms in total. The molecule has 0 spiro atoms. The van der Waals surface area contributed by atoms with E-state index in [9.17, 15) is 10.1 Å². The maximum Gasteiger partial charge on any atom is 0.234 e. The van der Waals surface area contributed by atoms with Gasteiger partial charge in [-0.15, -0.1) is 10.2 Å². The first-order valence-corrected chi connectivity index (χ1v) is 10.9. The van der Waals surface area contributed by atoms with Crippen LogP contribution in [0.3, 0.4) is 0 Å². The number of aromatic nitrogens is 3. The monoisotopic (exact) mass is 395 g/mol. The number of nitrogens with zero attached hydrogens (tertiary/aromatic N) is 4. The molecule has 28 heavy (non-hydrogen) atoms. The second-order valence-electron chi connectivity index (χ2n) is 7.79. The molecule has 2 fully saturated rings. The van der Waals surface area contributed by atoms with E-state index in [2.05, 4.69) is 26.2 Å². The Morgan fingerprint density at radius 2 is 1.96 bits per heavy atom. The standard InChI is InChI=1S/C21H25N5OS/c1-15(19(27)23-21(14-22)12-6-3-7-13-21)28-20-25-24-18(16-10-11-16)26(20)17-8-4-2-5-9-17/h2,4-5,8-9,15-16H,3,6-7,10-13H2,1H3,(H,23,27). The lowest BCUT2D eigenvalue weighted by Crippen LogP contribution is -2.50. The maximum absolute atomic E-state index is 12.8. The molecule has 2 aromatic rings. The molecular weight excluding hydrogens is 370 g/mol. The van der Waals surface area contributed by atoms with Crippen LogP contribution in [-0.4, -0.2) is 31.5 Å². The molecule has 0 saturated heterocycles. The summed E-state index contributed by atoms with van der Waals surface area (Å²) < 4.78 is 2.08. The van der Waals surface area contributed by atoms with E-state index in [-0.39, 0.29) is 11.2 Å². The van der Waals surface area contributed by atoms with Crippen molar-refractivity contribution < 1.29 is 4.79 Å². The molecule has 2 aliphatic carbocycles. The van der Waals surface area contributed by atoms with Gasteiger partial charge in [0.2, 0.25) is 5.91 Å². The van der Waals surface area contributed by atoms with Gasteiger partial charge >= 0.3 is 0 Å². The van der Waals surface area contributed by atoms with Crippen molar-refractivity contribution in [2.75, 3.05) is 0 Å². The van der Waals surface area contributed by atoms with Crippen LogP contribution in [0.4, 0.5) is 0 Å². The van der Waals surface area contributed by atoms with E-state index in [1.165, 1.54) is 11.8 Å². The van der Waals surface area contributed by atoms with E-state index in [1.807, 2.05) is 37.3 Å². The molecule has 1 N–H and O–H groups in total. The highest BCUT2D eigenvalue weighted by Gasteiger charge is 2.36. The third-order valence-corrected chi connectivity index (χ3v) is 6.59. The molecule has 7 heteroatoms. The molecule has 2 aliphatic rings. The predicted molar refractivity (Wildman–Crippen MR) is 108 cm³/mol. The summed E-state index contributed by atoms with van der Waals surface area (Å²) in [5.74, 6) is 1.32. The minimum absolute atomic E-state index is 0.107. The minimum Gasteiger partial charge on any atom is -0.337 e. The van der Waals surface area contributed by atoms with Crippen LogP contribution in [-0.2, 0) is 4.79 Å². The van der Waals surface area contributed by atoms with Gasteiger partial charge in [0.1, 0.15) is 11.4 Å². The Balaban J connectivity index is 1.52. The normalized spacial score (nSPS) is 19.6. The van der Waals surface area contributed by atoms with Crippen LogP contribution in [0.25, 0.3) is 5.69 Å². The van der Waals surface area contributed by atoms with Crippen molar-refractivity contribution in [2.45, 2.75) is 73.7 Å². The van der Waals surface area contributed by atoms with Gasteiger partial charge in [0.05, 0.1) is 11.3 Å². The molecule has 1 amide bonds. The van der Waals surface area contributed by atoms with Gasteiger partial charge in [0.25, 0.3) is 0 Å². The SMILES string of the molecule is CC(Sc1nnc(C2CC2)n1-c1ccccc1)C(=O)NC1(C#N)CCCCC1. The molecule has 1 unspecified atom stereocenters. The third-order valence-electron chi connectivity index (χ3n) is 5.55. The van der Waals surface area contributed by atoms with Gasteiger partial charge in [-0.05, 0) is 44.7 Å². The lowest BCUT2D eigenvalue weighted by molar-refractivity contribution is -0.121. The molecule has 0 radical (unpaired) electrons. The summed E-state index contributed by atoms with van der Waals surface area (Å²) >= 11 is 1.40. The Hall–Kier alpha value is -2.33. The van der Waals surface area contributed by atoms with Crippen molar-refractivity contribution in [3.63, 3.8) is 0 Å². The fraction of sp³-hybridized carbons (Fsp3) is 0.524. The molecule has 1 atom stereocenters. The Kier molecular flexibility index (Phi) is 5.40. The third kappa shape index (κ3) is 3.93. The Morgan fingerprint density at radius 3 is 2.61 bits per heavy atom. The fourth-order valence-corrected chi connectivity index (χ4v) is 4.63. The van der Waals surface area contributed by atoms with Gasteiger partial charge in [-0.3, -0.25) is 9.36 Å². The van der Waals surface area contributed by atoms with Gasteiger partial charge in [-0.1, -0.05) is 49.2 Å². The Morgan fingerprint density at radius 1 is 1.25 bits per heavy atom. The summed E-state index contributed by atoms with van der Waals surface area (Å²) in [6.45, 7) is 1.87. The number of para-hydroxylation sites is 1. The van der Waals surface area contributed by atoms with Crippen molar-refractivity contribution in [3.05, 3.63) is 36.2 Å². The maximum atomic E-state index is 12.8. The zero-order valence-corrected chi connectivity index (χ0v) is 16.9. The molecule has 1 aromatic carbocycles. The Labute approximate surface area is 169 Å². The smallest absolute Gasteiger partial charge is 0.234 e. The van der Waals surface area contributed by atoms with Gasteiger partial charge in [-0.2, -0.15) is 5.26 Å². The van der Waals surface area contributed by atoms with Gasteiger partial charge in [-0.25, -0.2) is 0 Å². The molecular formula is C21H25N5OS. The van der Waals surface area contributed by atoms with Crippen LogP contribution < -0.4 is 5.32 Å². The lowest BCUT2D eigenvalue weighted by atomic mass is 9.83. The number of amides is 1. The van der Waals surface area contributed by atoms with E-state index in [0.29, 0.717) is 5.92 Å². The first kappa shape index (κ1) is 19.0. The summed E-state index contributed by atoms with van der Waals surface area (Å²) in [7, 11) is 0. The highest BCUT2D eigenvalue weighted by Crippen LogP contribution is 2.41. The van der Waals surface area contributed by atoms with E-state index in [0.717, 1.165) is 61.6 Å². The molecule has 1 aromatic heterocycles. The molecule has 0 aliphatic heterocycles. The number of benzene rings is 1.